The third-order valence-corrected chi connectivity index (χ3v) is 4.54. The summed E-state index contributed by atoms with van der Waals surface area (Å²) in [5, 5.41) is 3.88. The minimum atomic E-state index is -4.73. The lowest BCUT2D eigenvalue weighted by molar-refractivity contribution is -0.274. The van der Waals surface area contributed by atoms with Crippen LogP contribution in [0.2, 0.25) is 5.02 Å². The highest BCUT2D eigenvalue weighted by molar-refractivity contribution is 6.30. The molecular formula is C19H19ClF3N3O2. The Bertz CT molecular complexity index is 823. The van der Waals surface area contributed by atoms with Crippen molar-refractivity contribution < 1.29 is 22.7 Å². The number of hydrogen-bond donors (Lipinski definition) is 1. The molecule has 1 aromatic heterocycles. The number of nitrogens with zero attached hydrogens (tertiary/aromatic N) is 2. The number of pyridine rings is 1. The lowest BCUT2D eigenvalue weighted by Crippen LogP contribution is -2.32. The number of alkyl halides is 3. The Labute approximate surface area is 165 Å². The molecule has 1 unspecified atom stereocenters. The second kappa shape index (κ2) is 8.26. The van der Waals surface area contributed by atoms with Crippen LogP contribution >= 0.6 is 11.6 Å². The van der Waals surface area contributed by atoms with E-state index in [1.165, 1.54) is 24.3 Å². The van der Waals surface area contributed by atoms with Crippen molar-refractivity contribution in [3.8, 4) is 5.75 Å². The molecule has 1 atom stereocenters. The number of benzene rings is 1. The molecule has 1 aromatic carbocycles. The van der Waals surface area contributed by atoms with Crippen molar-refractivity contribution in [3.05, 3.63) is 52.7 Å². The van der Waals surface area contributed by atoms with Gasteiger partial charge in [0.1, 0.15) is 11.6 Å². The van der Waals surface area contributed by atoms with Gasteiger partial charge in [-0.1, -0.05) is 23.7 Å². The SMILES string of the molecule is Cc1cc(Cl)cc(NC2CCN(C(=O)Cc3ccc(OC(F)(F)F)cc3)C2)n1. The molecule has 150 valence electrons. The van der Waals surface area contributed by atoms with E-state index in [0.717, 1.165) is 12.1 Å². The van der Waals surface area contributed by atoms with Gasteiger partial charge < -0.3 is 15.0 Å². The van der Waals surface area contributed by atoms with Crippen molar-refractivity contribution in [2.24, 2.45) is 0 Å². The van der Waals surface area contributed by atoms with Gasteiger partial charge in [0, 0.05) is 29.8 Å². The summed E-state index contributed by atoms with van der Waals surface area (Å²) in [7, 11) is 0. The van der Waals surface area contributed by atoms with Crippen LogP contribution in [0.25, 0.3) is 0 Å². The van der Waals surface area contributed by atoms with Crippen LogP contribution in [-0.2, 0) is 11.2 Å². The molecule has 0 spiro atoms. The molecule has 0 bridgehead atoms. The maximum Gasteiger partial charge on any atom is 0.573 e. The summed E-state index contributed by atoms with van der Waals surface area (Å²) in [6, 6.07) is 8.91. The zero-order chi connectivity index (χ0) is 20.3. The van der Waals surface area contributed by atoms with Crippen molar-refractivity contribution >= 4 is 23.3 Å². The van der Waals surface area contributed by atoms with E-state index in [2.05, 4.69) is 15.0 Å². The van der Waals surface area contributed by atoms with Crippen molar-refractivity contribution in [2.45, 2.75) is 32.2 Å². The molecule has 1 N–H and O–H groups in total. The van der Waals surface area contributed by atoms with Crippen molar-refractivity contribution in [3.63, 3.8) is 0 Å². The summed E-state index contributed by atoms with van der Waals surface area (Å²) in [5.74, 6) is 0.284. The quantitative estimate of drug-likeness (QED) is 0.798. The molecule has 1 amide bonds. The first-order chi connectivity index (χ1) is 13.2. The van der Waals surface area contributed by atoms with E-state index in [9.17, 15) is 18.0 Å². The number of hydrogen-bond acceptors (Lipinski definition) is 4. The van der Waals surface area contributed by atoms with Crippen molar-refractivity contribution in [1.82, 2.24) is 9.88 Å². The fourth-order valence-electron chi connectivity index (χ4n) is 3.11. The summed E-state index contributed by atoms with van der Waals surface area (Å²) in [6.07, 6.45) is -3.84. The monoisotopic (exact) mass is 413 g/mol. The average Bonchev–Trinajstić information content (AvgIpc) is 3.03. The summed E-state index contributed by atoms with van der Waals surface area (Å²) in [6.45, 7) is 2.99. The van der Waals surface area contributed by atoms with Crippen molar-refractivity contribution in [1.29, 1.82) is 0 Å². The van der Waals surface area contributed by atoms with Crippen LogP contribution in [0.4, 0.5) is 19.0 Å². The average molecular weight is 414 g/mol. The Morgan fingerprint density at radius 1 is 1.32 bits per heavy atom. The van der Waals surface area contributed by atoms with Gasteiger partial charge in [-0.3, -0.25) is 4.79 Å². The smallest absolute Gasteiger partial charge is 0.406 e. The van der Waals surface area contributed by atoms with Crippen LogP contribution in [-0.4, -0.2) is 41.3 Å². The van der Waals surface area contributed by atoms with E-state index in [1.807, 2.05) is 6.92 Å². The Morgan fingerprint density at radius 3 is 2.68 bits per heavy atom. The number of amides is 1. The summed E-state index contributed by atoms with van der Waals surface area (Å²) < 4.78 is 40.4. The summed E-state index contributed by atoms with van der Waals surface area (Å²) in [5.41, 5.74) is 1.43. The second-order valence-corrected chi connectivity index (χ2v) is 7.09. The molecule has 1 aliphatic rings. The third-order valence-electron chi connectivity index (χ3n) is 4.32. The molecule has 28 heavy (non-hydrogen) atoms. The molecule has 2 heterocycles. The van der Waals surface area contributed by atoms with E-state index in [4.69, 9.17) is 11.6 Å². The van der Waals surface area contributed by atoms with E-state index >= 15 is 0 Å². The topological polar surface area (TPSA) is 54.5 Å². The fourth-order valence-corrected chi connectivity index (χ4v) is 3.37. The van der Waals surface area contributed by atoms with Gasteiger partial charge in [-0.05, 0) is 43.2 Å². The van der Waals surface area contributed by atoms with Gasteiger partial charge in [0.2, 0.25) is 5.91 Å². The number of aryl methyl sites for hydroxylation is 1. The Balaban J connectivity index is 1.53. The molecule has 1 aliphatic heterocycles. The highest BCUT2D eigenvalue weighted by atomic mass is 35.5. The molecule has 5 nitrogen and oxygen atoms in total. The number of carbonyl (C=O) groups excluding carboxylic acids is 1. The number of nitrogens with one attached hydrogen (secondary N) is 1. The van der Waals surface area contributed by atoms with Crippen LogP contribution in [0, 0.1) is 6.92 Å². The van der Waals surface area contributed by atoms with Crippen LogP contribution in [0.5, 0.6) is 5.75 Å². The number of aromatic nitrogens is 1. The molecule has 0 radical (unpaired) electrons. The van der Waals surface area contributed by atoms with Gasteiger partial charge in [-0.15, -0.1) is 13.2 Å². The van der Waals surface area contributed by atoms with Crippen LogP contribution in [0.3, 0.4) is 0 Å². The van der Waals surface area contributed by atoms with E-state index in [0.29, 0.717) is 29.5 Å². The van der Waals surface area contributed by atoms with Crippen LogP contribution in [0.1, 0.15) is 17.7 Å². The maximum absolute atomic E-state index is 12.5. The molecule has 3 rings (SSSR count). The zero-order valence-corrected chi connectivity index (χ0v) is 15.8. The highest BCUT2D eigenvalue weighted by Gasteiger charge is 2.31. The minimum Gasteiger partial charge on any atom is -0.406 e. The maximum atomic E-state index is 12.5. The number of anilines is 1. The molecule has 0 saturated carbocycles. The Morgan fingerprint density at radius 2 is 2.04 bits per heavy atom. The predicted molar refractivity (Wildman–Crippen MR) is 99.4 cm³/mol. The normalized spacial score (nSPS) is 16.9. The molecule has 1 saturated heterocycles. The number of carbonyl (C=O) groups is 1. The Kier molecular flexibility index (Phi) is 5.98. The lowest BCUT2D eigenvalue weighted by atomic mass is 10.1. The standard InChI is InChI=1S/C19H19ClF3N3O2/c1-12-8-14(20)10-17(24-12)25-15-6-7-26(11-15)18(27)9-13-2-4-16(5-3-13)28-19(21,22)23/h2-5,8,10,15H,6-7,9,11H2,1H3,(H,24,25). The summed E-state index contributed by atoms with van der Waals surface area (Å²) in [4.78, 5) is 18.6. The van der Waals surface area contributed by atoms with Gasteiger partial charge in [-0.25, -0.2) is 4.98 Å². The zero-order valence-electron chi connectivity index (χ0n) is 15.1. The second-order valence-electron chi connectivity index (χ2n) is 6.65. The molecular weight excluding hydrogens is 395 g/mol. The molecule has 9 heteroatoms. The first-order valence-electron chi connectivity index (χ1n) is 8.71. The first kappa shape index (κ1) is 20.3. The van der Waals surface area contributed by atoms with E-state index < -0.39 is 6.36 Å². The number of rotatable bonds is 5. The number of likely N-dealkylation sites (tertiary alicyclic amines) is 1. The predicted octanol–water partition coefficient (Wildman–Crippen LogP) is 4.20. The van der Waals surface area contributed by atoms with Gasteiger partial charge in [-0.2, -0.15) is 0 Å². The van der Waals surface area contributed by atoms with Gasteiger partial charge in [0.25, 0.3) is 0 Å². The van der Waals surface area contributed by atoms with Crippen molar-refractivity contribution in [2.75, 3.05) is 18.4 Å². The minimum absolute atomic E-state index is 0.0666. The fraction of sp³-hybridized carbons (Fsp3) is 0.368. The van der Waals surface area contributed by atoms with Crippen LogP contribution in [0.15, 0.2) is 36.4 Å². The molecule has 2 aromatic rings. The lowest BCUT2D eigenvalue weighted by Gasteiger charge is -2.18. The van der Waals surface area contributed by atoms with E-state index in [1.54, 1.807) is 17.0 Å². The summed E-state index contributed by atoms with van der Waals surface area (Å²) >= 11 is 6.04. The third kappa shape index (κ3) is 5.76. The molecule has 1 fully saturated rings. The first-order valence-corrected chi connectivity index (χ1v) is 9.09. The van der Waals surface area contributed by atoms with Gasteiger partial charge >= 0.3 is 6.36 Å². The van der Waals surface area contributed by atoms with Gasteiger partial charge in [0.15, 0.2) is 0 Å². The van der Waals surface area contributed by atoms with Gasteiger partial charge in [0.05, 0.1) is 6.42 Å². The van der Waals surface area contributed by atoms with E-state index in [-0.39, 0.29) is 24.1 Å². The highest BCUT2D eigenvalue weighted by Crippen LogP contribution is 2.23. The number of halogens is 4. The largest absolute Gasteiger partial charge is 0.573 e. The Hall–Kier alpha value is -2.48. The number of ether oxygens (including phenoxy) is 1. The molecule has 0 aliphatic carbocycles. The van der Waals surface area contributed by atoms with Crippen LogP contribution < -0.4 is 10.1 Å².